The fourth-order valence-corrected chi connectivity index (χ4v) is 5.38. The monoisotopic (exact) mass is 479 g/mol. The summed E-state index contributed by atoms with van der Waals surface area (Å²) in [6, 6.07) is 33.5. The molecule has 0 atom stereocenters. The summed E-state index contributed by atoms with van der Waals surface area (Å²) in [6.45, 7) is 6.50. The number of aromatic nitrogens is 1. The van der Waals surface area contributed by atoms with Crippen molar-refractivity contribution in [3.63, 3.8) is 0 Å². The minimum absolute atomic E-state index is 0.624. The van der Waals surface area contributed by atoms with Crippen molar-refractivity contribution >= 4 is 21.9 Å². The molecule has 3 heteroatoms. The zero-order valence-corrected chi connectivity index (χ0v) is 21.5. The third kappa shape index (κ3) is 3.61. The van der Waals surface area contributed by atoms with E-state index >= 15 is 0 Å². The average Bonchev–Trinajstić information content (AvgIpc) is 3.31. The van der Waals surface area contributed by atoms with Crippen molar-refractivity contribution < 1.29 is 8.98 Å². The van der Waals surface area contributed by atoms with Gasteiger partial charge in [0.15, 0.2) is 5.69 Å². The molecule has 37 heavy (non-hydrogen) atoms. The number of hydrogen-bond acceptors (Lipinski definition) is 2. The van der Waals surface area contributed by atoms with Gasteiger partial charge in [-0.25, -0.2) is 0 Å². The number of nitrogens with zero attached hydrogens (tertiary/aromatic N) is 2. The van der Waals surface area contributed by atoms with Crippen molar-refractivity contribution in [1.29, 1.82) is 5.26 Å². The molecular formula is C34H27N2O+. The average molecular weight is 480 g/mol. The number of rotatable bonds is 3. The van der Waals surface area contributed by atoms with Gasteiger partial charge < -0.3 is 4.42 Å². The summed E-state index contributed by atoms with van der Waals surface area (Å²) in [6.07, 6.45) is 0. The van der Waals surface area contributed by atoms with E-state index in [4.69, 9.17) is 4.42 Å². The van der Waals surface area contributed by atoms with E-state index in [2.05, 4.69) is 99.1 Å². The lowest BCUT2D eigenvalue weighted by Crippen LogP contribution is -2.36. The molecule has 2 aromatic heterocycles. The maximum atomic E-state index is 9.80. The van der Waals surface area contributed by atoms with Crippen LogP contribution >= 0.6 is 0 Å². The van der Waals surface area contributed by atoms with E-state index in [9.17, 15) is 5.26 Å². The lowest BCUT2D eigenvalue weighted by Gasteiger charge is -2.13. The maximum absolute atomic E-state index is 9.80. The molecule has 4 aromatic carbocycles. The second kappa shape index (κ2) is 8.76. The summed E-state index contributed by atoms with van der Waals surface area (Å²) in [5.74, 6) is 0. The van der Waals surface area contributed by atoms with Crippen LogP contribution in [-0.2, 0) is 7.05 Å². The van der Waals surface area contributed by atoms with Crippen LogP contribution in [-0.4, -0.2) is 0 Å². The van der Waals surface area contributed by atoms with Crippen molar-refractivity contribution in [1.82, 2.24) is 0 Å². The highest BCUT2D eigenvalue weighted by atomic mass is 16.3. The molecule has 0 radical (unpaired) electrons. The molecule has 0 N–H and O–H groups in total. The third-order valence-corrected chi connectivity index (χ3v) is 7.60. The van der Waals surface area contributed by atoms with Gasteiger partial charge in [-0.3, -0.25) is 0 Å². The van der Waals surface area contributed by atoms with Crippen LogP contribution in [0.3, 0.4) is 0 Å². The van der Waals surface area contributed by atoms with Gasteiger partial charge in [-0.05, 0) is 48.2 Å². The van der Waals surface area contributed by atoms with Gasteiger partial charge in [0.2, 0.25) is 5.69 Å². The number of fused-ring (bicyclic) bond motifs is 3. The van der Waals surface area contributed by atoms with Crippen molar-refractivity contribution in [3.8, 4) is 39.6 Å². The molecule has 0 aliphatic rings. The van der Waals surface area contributed by atoms with Crippen LogP contribution in [0.2, 0.25) is 0 Å². The molecule has 6 rings (SSSR count). The number of aryl methyl sites for hydroxylation is 1. The summed E-state index contributed by atoms with van der Waals surface area (Å²) >= 11 is 0. The standard InChI is InChI=1S/C34H27N2O/c1-21-15-16-27-30-18-24(20-35)17-29(26-13-9-6-10-14-26)33(30)37-34(27)32(21)31-19-28(22(2)23(3)36(31)4)25-11-7-5-8-12-25/h5-19H,1-4H3/q+1. The molecule has 0 aliphatic carbocycles. The first kappa shape index (κ1) is 22.8. The van der Waals surface area contributed by atoms with Crippen molar-refractivity contribution in [2.24, 2.45) is 7.05 Å². The molecule has 0 unspecified atom stereocenters. The Morgan fingerprint density at radius 1 is 0.703 bits per heavy atom. The molecule has 178 valence electrons. The number of hydrogen-bond donors (Lipinski definition) is 0. The van der Waals surface area contributed by atoms with Gasteiger partial charge in [0.1, 0.15) is 18.2 Å². The number of nitriles is 1. The van der Waals surface area contributed by atoms with Gasteiger partial charge in [-0.2, -0.15) is 9.83 Å². The predicted molar refractivity (Wildman–Crippen MR) is 150 cm³/mol. The number of furan rings is 1. The molecule has 0 aliphatic heterocycles. The highest BCUT2D eigenvalue weighted by molar-refractivity contribution is 6.13. The van der Waals surface area contributed by atoms with Gasteiger partial charge >= 0.3 is 0 Å². The van der Waals surface area contributed by atoms with Gasteiger partial charge in [0.05, 0.1) is 17.2 Å². The van der Waals surface area contributed by atoms with Crippen LogP contribution in [0.15, 0.2) is 95.4 Å². The van der Waals surface area contributed by atoms with Crippen molar-refractivity contribution in [3.05, 3.63) is 113 Å². The van der Waals surface area contributed by atoms with Gasteiger partial charge in [-0.1, -0.05) is 72.8 Å². The van der Waals surface area contributed by atoms with Crippen LogP contribution in [0.25, 0.3) is 55.4 Å². The van der Waals surface area contributed by atoms with Gasteiger partial charge in [0, 0.05) is 34.9 Å². The maximum Gasteiger partial charge on any atom is 0.217 e. The molecule has 6 aromatic rings. The Morgan fingerprint density at radius 3 is 2.00 bits per heavy atom. The normalized spacial score (nSPS) is 11.2. The predicted octanol–water partition coefficient (Wildman–Crippen LogP) is 8.21. The van der Waals surface area contributed by atoms with Crippen LogP contribution in [0.5, 0.6) is 0 Å². The zero-order valence-electron chi connectivity index (χ0n) is 21.5. The Bertz CT molecular complexity index is 1860. The van der Waals surface area contributed by atoms with Gasteiger partial charge in [0.25, 0.3) is 0 Å². The zero-order chi connectivity index (χ0) is 25.7. The summed E-state index contributed by atoms with van der Waals surface area (Å²) < 4.78 is 9.01. The van der Waals surface area contributed by atoms with E-state index in [1.807, 2.05) is 30.3 Å². The van der Waals surface area contributed by atoms with Crippen LogP contribution in [0.1, 0.15) is 22.4 Å². The Labute approximate surface area is 216 Å². The summed E-state index contributed by atoms with van der Waals surface area (Å²) in [5, 5.41) is 11.8. The second-order valence-electron chi connectivity index (χ2n) is 9.69. The smallest absolute Gasteiger partial charge is 0.217 e. The topological polar surface area (TPSA) is 40.8 Å². The molecule has 0 saturated carbocycles. The second-order valence-corrected chi connectivity index (χ2v) is 9.69. The van der Waals surface area contributed by atoms with Gasteiger partial charge in [-0.15, -0.1) is 0 Å². The molecule has 3 nitrogen and oxygen atoms in total. The lowest BCUT2D eigenvalue weighted by molar-refractivity contribution is -0.666. The fraction of sp³-hybridized carbons (Fsp3) is 0.118. The van der Waals surface area contributed by atoms with E-state index in [1.54, 1.807) is 0 Å². The molecule has 0 saturated heterocycles. The molecule has 2 heterocycles. The lowest BCUT2D eigenvalue weighted by atomic mass is 9.94. The molecule has 0 spiro atoms. The Morgan fingerprint density at radius 2 is 1.35 bits per heavy atom. The minimum atomic E-state index is 0.624. The summed E-state index contributed by atoms with van der Waals surface area (Å²) in [7, 11) is 2.12. The summed E-state index contributed by atoms with van der Waals surface area (Å²) in [5.41, 5.74) is 12.5. The van der Waals surface area contributed by atoms with E-state index < -0.39 is 0 Å². The minimum Gasteiger partial charge on any atom is -0.454 e. The number of benzene rings is 4. The van der Waals surface area contributed by atoms with Crippen LogP contribution in [0, 0.1) is 32.1 Å². The van der Waals surface area contributed by atoms with Crippen molar-refractivity contribution in [2.75, 3.05) is 0 Å². The summed E-state index contributed by atoms with van der Waals surface area (Å²) in [4.78, 5) is 0. The highest BCUT2D eigenvalue weighted by Crippen LogP contribution is 2.42. The highest BCUT2D eigenvalue weighted by Gasteiger charge is 2.25. The van der Waals surface area contributed by atoms with Crippen molar-refractivity contribution in [2.45, 2.75) is 20.8 Å². The van der Waals surface area contributed by atoms with E-state index in [-0.39, 0.29) is 0 Å². The Hall–Kier alpha value is -4.68. The molecule has 0 amide bonds. The molecular weight excluding hydrogens is 452 g/mol. The Balaban J connectivity index is 1.71. The SMILES string of the molecule is Cc1ccc2c(oc3c(-c4ccccc4)cc(C#N)cc32)c1-c1cc(-c2ccccc2)c(C)c(C)[n+]1C. The van der Waals surface area contributed by atoms with Crippen LogP contribution < -0.4 is 4.57 Å². The third-order valence-electron chi connectivity index (χ3n) is 7.60. The number of pyridine rings is 1. The quantitative estimate of drug-likeness (QED) is 0.240. The fourth-order valence-electron chi connectivity index (χ4n) is 5.38. The van der Waals surface area contributed by atoms with Crippen LogP contribution in [0.4, 0.5) is 0 Å². The van der Waals surface area contributed by atoms with E-state index in [0.717, 1.165) is 49.9 Å². The molecule has 0 fully saturated rings. The largest absolute Gasteiger partial charge is 0.454 e. The first-order chi connectivity index (χ1) is 18.0. The first-order valence-electron chi connectivity index (χ1n) is 12.5. The van der Waals surface area contributed by atoms with E-state index in [1.165, 1.54) is 22.4 Å². The van der Waals surface area contributed by atoms with E-state index in [0.29, 0.717) is 5.56 Å². The molecule has 0 bridgehead atoms. The Kier molecular flexibility index (Phi) is 5.39. The first-order valence-corrected chi connectivity index (χ1v) is 12.5.